The zero-order valence-electron chi connectivity index (χ0n) is 12.8. The van der Waals surface area contributed by atoms with Crippen LogP contribution in [-0.4, -0.2) is 29.3 Å². The quantitative estimate of drug-likeness (QED) is 0.845. The van der Waals surface area contributed by atoms with Gasteiger partial charge < -0.3 is 15.2 Å². The highest BCUT2D eigenvalue weighted by Gasteiger charge is 2.19. The molecule has 0 radical (unpaired) electrons. The number of amides is 1. The Bertz CT molecular complexity index is 465. The van der Waals surface area contributed by atoms with E-state index in [1.807, 2.05) is 30.3 Å². The van der Waals surface area contributed by atoms with Gasteiger partial charge in [0.1, 0.15) is 5.60 Å². The van der Waals surface area contributed by atoms with E-state index < -0.39 is 17.7 Å². The first-order valence-electron chi connectivity index (χ1n) is 6.99. The monoisotopic (exact) mass is 293 g/mol. The maximum Gasteiger partial charge on any atom is 0.407 e. The first kappa shape index (κ1) is 17.0. The summed E-state index contributed by atoms with van der Waals surface area (Å²) < 4.78 is 5.15. The molecule has 0 heterocycles. The van der Waals surface area contributed by atoms with E-state index in [4.69, 9.17) is 9.84 Å². The van der Waals surface area contributed by atoms with Crippen molar-refractivity contribution in [3.8, 4) is 0 Å². The van der Waals surface area contributed by atoms with Crippen molar-refractivity contribution in [3.05, 3.63) is 35.9 Å². The van der Waals surface area contributed by atoms with E-state index in [1.54, 1.807) is 20.8 Å². The van der Waals surface area contributed by atoms with Crippen LogP contribution in [0.4, 0.5) is 4.79 Å². The van der Waals surface area contributed by atoms with E-state index >= 15 is 0 Å². The Hall–Kier alpha value is -2.04. The summed E-state index contributed by atoms with van der Waals surface area (Å²) in [5.41, 5.74) is 0.487. The summed E-state index contributed by atoms with van der Waals surface area (Å²) in [6.45, 7) is 5.62. The Kier molecular flexibility index (Phi) is 6.21. The van der Waals surface area contributed by atoms with Crippen LogP contribution in [0.1, 0.15) is 32.8 Å². The van der Waals surface area contributed by atoms with Crippen molar-refractivity contribution in [2.45, 2.75) is 39.2 Å². The molecule has 0 fully saturated rings. The van der Waals surface area contributed by atoms with Gasteiger partial charge in [0.25, 0.3) is 0 Å². The molecule has 0 aliphatic heterocycles. The third kappa shape index (κ3) is 7.97. The average molecular weight is 293 g/mol. The molecular formula is C16H23NO4. The van der Waals surface area contributed by atoms with Gasteiger partial charge in [0, 0.05) is 6.54 Å². The van der Waals surface area contributed by atoms with E-state index in [-0.39, 0.29) is 18.9 Å². The maximum atomic E-state index is 11.6. The van der Waals surface area contributed by atoms with Crippen LogP contribution in [0.25, 0.3) is 0 Å². The van der Waals surface area contributed by atoms with Gasteiger partial charge >= 0.3 is 12.1 Å². The normalized spacial score (nSPS) is 12.5. The number of hydrogen-bond donors (Lipinski definition) is 2. The van der Waals surface area contributed by atoms with Crippen LogP contribution in [0.3, 0.4) is 0 Å². The predicted octanol–water partition coefficient (Wildman–Crippen LogP) is 2.84. The van der Waals surface area contributed by atoms with E-state index in [2.05, 4.69) is 5.32 Å². The first-order chi connectivity index (χ1) is 9.76. The number of hydrogen-bond acceptors (Lipinski definition) is 3. The molecule has 0 saturated carbocycles. The molecule has 1 aromatic rings. The van der Waals surface area contributed by atoms with Crippen LogP contribution >= 0.6 is 0 Å². The zero-order chi connectivity index (χ0) is 15.9. The number of ether oxygens (including phenoxy) is 1. The topological polar surface area (TPSA) is 75.6 Å². The average Bonchev–Trinajstić information content (AvgIpc) is 2.34. The molecule has 116 valence electrons. The Morgan fingerprint density at radius 3 is 2.38 bits per heavy atom. The van der Waals surface area contributed by atoms with Gasteiger partial charge in [-0.3, -0.25) is 4.79 Å². The Labute approximate surface area is 125 Å². The first-order valence-corrected chi connectivity index (χ1v) is 6.99. The number of carboxylic acids is 1. The second-order valence-corrected chi connectivity index (χ2v) is 6.04. The summed E-state index contributed by atoms with van der Waals surface area (Å²) in [5.74, 6) is -1.04. The standard InChI is InChI=1S/C16H23NO4/c1-16(2,3)21-15(20)17-11-13(10-14(18)19)9-12-7-5-4-6-8-12/h4-8,13H,9-11H2,1-3H3,(H,17,20)(H,18,19)/t13-/m1/s1. The number of carboxylic acid groups (broad SMARTS) is 1. The lowest BCUT2D eigenvalue weighted by Gasteiger charge is -2.21. The number of alkyl carbamates (subject to hydrolysis) is 1. The summed E-state index contributed by atoms with van der Waals surface area (Å²) in [6, 6.07) is 9.63. The molecule has 21 heavy (non-hydrogen) atoms. The molecule has 5 nitrogen and oxygen atoms in total. The molecule has 0 aliphatic carbocycles. The van der Waals surface area contributed by atoms with Crippen LogP contribution in [0.15, 0.2) is 30.3 Å². The van der Waals surface area contributed by atoms with Crippen molar-refractivity contribution in [1.82, 2.24) is 5.32 Å². The lowest BCUT2D eigenvalue weighted by atomic mass is 9.96. The fourth-order valence-electron chi connectivity index (χ4n) is 1.95. The van der Waals surface area contributed by atoms with Crippen molar-refractivity contribution in [2.75, 3.05) is 6.54 Å². The van der Waals surface area contributed by atoms with Crippen LogP contribution in [0.2, 0.25) is 0 Å². The molecule has 1 aromatic carbocycles. The van der Waals surface area contributed by atoms with E-state index in [0.717, 1.165) is 5.56 Å². The van der Waals surface area contributed by atoms with Gasteiger partial charge in [-0.15, -0.1) is 0 Å². The number of nitrogens with one attached hydrogen (secondary N) is 1. The van der Waals surface area contributed by atoms with Gasteiger partial charge in [0.15, 0.2) is 0 Å². The van der Waals surface area contributed by atoms with Gasteiger partial charge in [0.2, 0.25) is 0 Å². The van der Waals surface area contributed by atoms with E-state index in [1.165, 1.54) is 0 Å². The molecule has 0 spiro atoms. The van der Waals surface area contributed by atoms with Crippen LogP contribution in [0.5, 0.6) is 0 Å². The number of carbonyl (C=O) groups excluding carboxylic acids is 1. The zero-order valence-corrected chi connectivity index (χ0v) is 12.8. The fourth-order valence-corrected chi connectivity index (χ4v) is 1.95. The highest BCUT2D eigenvalue weighted by molar-refractivity contribution is 5.69. The summed E-state index contributed by atoms with van der Waals surface area (Å²) in [7, 11) is 0. The predicted molar refractivity (Wildman–Crippen MR) is 80.1 cm³/mol. The molecule has 1 amide bonds. The molecule has 2 N–H and O–H groups in total. The molecule has 0 saturated heterocycles. The summed E-state index contributed by atoms with van der Waals surface area (Å²) in [5, 5.41) is 11.6. The molecule has 1 atom stereocenters. The lowest BCUT2D eigenvalue weighted by molar-refractivity contribution is -0.138. The van der Waals surface area contributed by atoms with Crippen molar-refractivity contribution in [2.24, 2.45) is 5.92 Å². The minimum atomic E-state index is -0.873. The van der Waals surface area contributed by atoms with Gasteiger partial charge in [-0.1, -0.05) is 30.3 Å². The Balaban J connectivity index is 2.54. The molecule has 5 heteroatoms. The van der Waals surface area contributed by atoms with Gasteiger partial charge in [-0.2, -0.15) is 0 Å². The Morgan fingerprint density at radius 1 is 1.24 bits per heavy atom. The fraction of sp³-hybridized carbons (Fsp3) is 0.500. The molecule has 0 unspecified atom stereocenters. The smallest absolute Gasteiger partial charge is 0.407 e. The number of rotatable bonds is 6. The third-order valence-electron chi connectivity index (χ3n) is 2.76. The number of carbonyl (C=O) groups is 2. The highest BCUT2D eigenvalue weighted by Crippen LogP contribution is 2.12. The largest absolute Gasteiger partial charge is 0.481 e. The van der Waals surface area contributed by atoms with Crippen molar-refractivity contribution in [3.63, 3.8) is 0 Å². The summed E-state index contributed by atoms with van der Waals surface area (Å²) in [4.78, 5) is 22.6. The minimum absolute atomic E-state index is 0.00465. The van der Waals surface area contributed by atoms with E-state index in [0.29, 0.717) is 6.42 Å². The van der Waals surface area contributed by atoms with Crippen LogP contribution in [0, 0.1) is 5.92 Å². The SMILES string of the molecule is CC(C)(C)OC(=O)NC[C@@H](CC(=O)O)Cc1ccccc1. The molecule has 1 rings (SSSR count). The van der Waals surface area contributed by atoms with Crippen LogP contribution in [-0.2, 0) is 16.0 Å². The molecule has 0 bridgehead atoms. The van der Waals surface area contributed by atoms with E-state index in [9.17, 15) is 9.59 Å². The molecule has 0 aliphatic rings. The second kappa shape index (κ2) is 7.67. The summed E-state index contributed by atoms with van der Waals surface area (Å²) in [6.07, 6.45) is 0.0825. The minimum Gasteiger partial charge on any atom is -0.481 e. The van der Waals surface area contributed by atoms with Gasteiger partial charge in [0.05, 0.1) is 6.42 Å². The number of aliphatic carboxylic acids is 1. The van der Waals surface area contributed by atoms with Crippen molar-refractivity contribution in [1.29, 1.82) is 0 Å². The van der Waals surface area contributed by atoms with Crippen LogP contribution < -0.4 is 5.32 Å². The highest BCUT2D eigenvalue weighted by atomic mass is 16.6. The van der Waals surface area contributed by atoms with Crippen molar-refractivity contribution >= 4 is 12.1 Å². The number of benzene rings is 1. The third-order valence-corrected chi connectivity index (χ3v) is 2.76. The van der Waals surface area contributed by atoms with Crippen molar-refractivity contribution < 1.29 is 19.4 Å². The second-order valence-electron chi connectivity index (χ2n) is 6.04. The van der Waals surface area contributed by atoms with Gasteiger partial charge in [-0.05, 0) is 38.7 Å². The molecule has 0 aromatic heterocycles. The van der Waals surface area contributed by atoms with Gasteiger partial charge in [-0.25, -0.2) is 4.79 Å². The summed E-state index contributed by atoms with van der Waals surface area (Å²) >= 11 is 0. The maximum absolute atomic E-state index is 11.6. The Morgan fingerprint density at radius 2 is 1.86 bits per heavy atom. The molecular weight excluding hydrogens is 270 g/mol. The lowest BCUT2D eigenvalue weighted by Crippen LogP contribution is -2.36.